The predicted molar refractivity (Wildman–Crippen MR) is 108 cm³/mol. The molecule has 8 heteroatoms. The molecule has 1 atom stereocenters. The second-order valence-corrected chi connectivity index (χ2v) is 9.98. The van der Waals surface area contributed by atoms with E-state index in [1.165, 1.54) is 21.9 Å². The van der Waals surface area contributed by atoms with Gasteiger partial charge in [-0.25, -0.2) is 12.7 Å². The van der Waals surface area contributed by atoms with E-state index in [0.717, 1.165) is 21.0 Å². The lowest BCUT2D eigenvalue weighted by molar-refractivity contribution is -0.122. The Labute approximate surface area is 161 Å². The standard InChI is InChI=1S/C19H21N3O3S2/c1-21-17-15-8-4-3-6-13(15)9-10-16(17)26-19(21)20-18(23)14-7-5-11-22(12-14)27(2,24)25/h3-4,6,8-10,14H,5,7,11-12H2,1-2H3. The Morgan fingerprint density at radius 2 is 2.00 bits per heavy atom. The van der Waals surface area contributed by atoms with Crippen molar-refractivity contribution >= 4 is 48.3 Å². The molecule has 1 aliphatic rings. The monoisotopic (exact) mass is 403 g/mol. The van der Waals surface area contributed by atoms with Crippen LogP contribution in [0.2, 0.25) is 0 Å². The van der Waals surface area contributed by atoms with E-state index in [1.54, 1.807) is 0 Å². The van der Waals surface area contributed by atoms with Crippen LogP contribution in [-0.4, -0.2) is 42.5 Å². The second-order valence-electron chi connectivity index (χ2n) is 6.99. The molecular weight excluding hydrogens is 382 g/mol. The smallest absolute Gasteiger partial charge is 0.252 e. The van der Waals surface area contributed by atoms with E-state index in [-0.39, 0.29) is 18.4 Å². The number of nitrogens with zero attached hydrogens (tertiary/aromatic N) is 3. The lowest BCUT2D eigenvalue weighted by Crippen LogP contribution is -2.41. The van der Waals surface area contributed by atoms with Crippen molar-refractivity contribution in [3.05, 3.63) is 41.2 Å². The highest BCUT2D eigenvalue weighted by Gasteiger charge is 2.30. The van der Waals surface area contributed by atoms with Crippen LogP contribution in [-0.2, 0) is 21.9 Å². The molecule has 1 aliphatic heterocycles. The maximum absolute atomic E-state index is 12.7. The molecule has 27 heavy (non-hydrogen) atoms. The van der Waals surface area contributed by atoms with Crippen LogP contribution in [0.25, 0.3) is 21.0 Å². The summed E-state index contributed by atoms with van der Waals surface area (Å²) in [6, 6.07) is 12.3. The highest BCUT2D eigenvalue weighted by molar-refractivity contribution is 7.88. The minimum absolute atomic E-state index is 0.221. The SMILES string of the molecule is Cn1c(=NC(=O)C2CCCN(S(C)(=O)=O)C2)sc2ccc3ccccc3c21. The molecule has 3 aromatic rings. The first-order valence-corrected chi connectivity index (χ1v) is 11.5. The first-order valence-electron chi connectivity index (χ1n) is 8.85. The molecule has 0 radical (unpaired) electrons. The highest BCUT2D eigenvalue weighted by atomic mass is 32.2. The molecule has 0 N–H and O–H groups in total. The first kappa shape index (κ1) is 18.3. The predicted octanol–water partition coefficient (Wildman–Crippen LogP) is 2.49. The lowest BCUT2D eigenvalue weighted by atomic mass is 9.99. The molecule has 1 unspecified atom stereocenters. The van der Waals surface area contributed by atoms with Gasteiger partial charge < -0.3 is 4.57 Å². The number of thiazole rings is 1. The molecule has 2 aromatic carbocycles. The van der Waals surface area contributed by atoms with Crippen LogP contribution in [0.3, 0.4) is 0 Å². The van der Waals surface area contributed by atoms with Crippen molar-refractivity contribution in [3.63, 3.8) is 0 Å². The van der Waals surface area contributed by atoms with Crippen molar-refractivity contribution in [2.24, 2.45) is 18.0 Å². The normalized spacial score (nSPS) is 19.8. The van der Waals surface area contributed by atoms with E-state index in [0.29, 0.717) is 24.2 Å². The summed E-state index contributed by atoms with van der Waals surface area (Å²) in [6.07, 6.45) is 2.54. The molecule has 0 aliphatic carbocycles. The fourth-order valence-electron chi connectivity index (χ4n) is 3.65. The molecule has 0 spiro atoms. The minimum Gasteiger partial charge on any atom is -0.319 e. The molecule has 4 rings (SSSR count). The second kappa shape index (κ2) is 6.85. The molecule has 1 amide bonds. The summed E-state index contributed by atoms with van der Waals surface area (Å²) >= 11 is 1.48. The van der Waals surface area contributed by atoms with Crippen molar-refractivity contribution in [1.82, 2.24) is 8.87 Å². The Balaban J connectivity index is 1.73. The van der Waals surface area contributed by atoms with Gasteiger partial charge in [0, 0.05) is 25.5 Å². The Bertz CT molecular complexity index is 1210. The maximum Gasteiger partial charge on any atom is 0.252 e. The minimum atomic E-state index is -3.28. The van der Waals surface area contributed by atoms with Gasteiger partial charge in [0.25, 0.3) is 5.91 Å². The van der Waals surface area contributed by atoms with E-state index < -0.39 is 10.0 Å². The summed E-state index contributed by atoms with van der Waals surface area (Å²) in [5, 5.41) is 2.27. The van der Waals surface area contributed by atoms with Gasteiger partial charge in [0.15, 0.2) is 4.80 Å². The lowest BCUT2D eigenvalue weighted by Gasteiger charge is -2.28. The van der Waals surface area contributed by atoms with Crippen LogP contribution in [0.15, 0.2) is 41.4 Å². The van der Waals surface area contributed by atoms with E-state index in [2.05, 4.69) is 29.3 Å². The maximum atomic E-state index is 12.7. The Kier molecular flexibility index (Phi) is 4.65. The van der Waals surface area contributed by atoms with Crippen LogP contribution < -0.4 is 4.80 Å². The van der Waals surface area contributed by atoms with Crippen LogP contribution in [0.1, 0.15) is 12.8 Å². The largest absolute Gasteiger partial charge is 0.319 e. The fourth-order valence-corrected chi connectivity index (χ4v) is 5.61. The number of aryl methyl sites for hydroxylation is 1. The van der Waals surface area contributed by atoms with Gasteiger partial charge >= 0.3 is 0 Å². The number of rotatable bonds is 2. The summed E-state index contributed by atoms with van der Waals surface area (Å²) in [5.41, 5.74) is 1.06. The van der Waals surface area contributed by atoms with Gasteiger partial charge in [0.1, 0.15) is 0 Å². The molecule has 1 aromatic heterocycles. The van der Waals surface area contributed by atoms with Crippen LogP contribution in [0.4, 0.5) is 0 Å². The van der Waals surface area contributed by atoms with Gasteiger partial charge in [-0.2, -0.15) is 4.99 Å². The fraction of sp³-hybridized carbons (Fsp3) is 0.368. The number of fused-ring (bicyclic) bond motifs is 3. The average molecular weight is 404 g/mol. The number of aromatic nitrogens is 1. The van der Waals surface area contributed by atoms with Crippen molar-refractivity contribution in [2.75, 3.05) is 19.3 Å². The molecule has 1 saturated heterocycles. The number of sulfonamides is 1. The third-order valence-electron chi connectivity index (χ3n) is 5.10. The van der Waals surface area contributed by atoms with Gasteiger partial charge in [-0.15, -0.1) is 0 Å². The first-order chi connectivity index (χ1) is 12.8. The van der Waals surface area contributed by atoms with Gasteiger partial charge in [-0.1, -0.05) is 41.7 Å². The number of hydrogen-bond acceptors (Lipinski definition) is 4. The zero-order chi connectivity index (χ0) is 19.2. The molecule has 6 nitrogen and oxygen atoms in total. The van der Waals surface area contributed by atoms with Crippen molar-refractivity contribution in [2.45, 2.75) is 12.8 Å². The summed E-state index contributed by atoms with van der Waals surface area (Å²) in [6.45, 7) is 0.698. The number of carbonyl (C=O) groups is 1. The molecule has 0 bridgehead atoms. The van der Waals surface area contributed by atoms with E-state index in [4.69, 9.17) is 0 Å². The van der Waals surface area contributed by atoms with Crippen LogP contribution in [0.5, 0.6) is 0 Å². The summed E-state index contributed by atoms with van der Waals surface area (Å²) in [4.78, 5) is 17.7. The molecule has 142 valence electrons. The Morgan fingerprint density at radius 1 is 1.22 bits per heavy atom. The Morgan fingerprint density at radius 3 is 2.78 bits per heavy atom. The third kappa shape index (κ3) is 3.44. The summed E-state index contributed by atoms with van der Waals surface area (Å²) < 4.78 is 28.0. The van der Waals surface area contributed by atoms with Gasteiger partial charge in [0.2, 0.25) is 10.0 Å². The van der Waals surface area contributed by atoms with Crippen LogP contribution >= 0.6 is 11.3 Å². The van der Waals surface area contributed by atoms with Crippen molar-refractivity contribution in [3.8, 4) is 0 Å². The number of piperidine rings is 1. The number of hydrogen-bond donors (Lipinski definition) is 0. The zero-order valence-corrected chi connectivity index (χ0v) is 16.9. The topological polar surface area (TPSA) is 71.7 Å². The molecule has 1 fully saturated rings. The summed E-state index contributed by atoms with van der Waals surface area (Å²) in [5.74, 6) is -0.620. The van der Waals surface area contributed by atoms with E-state index in [1.807, 2.05) is 23.7 Å². The molecular formula is C19H21N3O3S2. The van der Waals surface area contributed by atoms with Gasteiger partial charge in [-0.3, -0.25) is 4.79 Å². The van der Waals surface area contributed by atoms with Crippen LogP contribution in [0, 0.1) is 5.92 Å². The highest BCUT2D eigenvalue weighted by Crippen LogP contribution is 2.26. The van der Waals surface area contributed by atoms with E-state index >= 15 is 0 Å². The van der Waals surface area contributed by atoms with E-state index in [9.17, 15) is 13.2 Å². The van der Waals surface area contributed by atoms with Crippen molar-refractivity contribution in [1.29, 1.82) is 0 Å². The molecule has 2 heterocycles. The van der Waals surface area contributed by atoms with Crippen molar-refractivity contribution < 1.29 is 13.2 Å². The molecule has 0 saturated carbocycles. The van der Waals surface area contributed by atoms with Gasteiger partial charge in [0.05, 0.1) is 22.4 Å². The zero-order valence-electron chi connectivity index (χ0n) is 15.3. The number of amides is 1. The summed E-state index contributed by atoms with van der Waals surface area (Å²) in [7, 11) is -1.36. The number of carbonyl (C=O) groups excluding carboxylic acids is 1. The van der Waals surface area contributed by atoms with Gasteiger partial charge in [-0.05, 0) is 24.3 Å². The third-order valence-corrected chi connectivity index (χ3v) is 7.46. The number of benzene rings is 2. The quantitative estimate of drug-likeness (QED) is 0.660. The average Bonchev–Trinajstić information content (AvgIpc) is 2.97. The Hall–Kier alpha value is -2.03.